The quantitative estimate of drug-likeness (QED) is 0.242. The number of carbonyl (C=O) groups excluding carboxylic acids is 1. The van der Waals surface area contributed by atoms with Crippen LogP contribution in [0.2, 0.25) is 0 Å². The number of carbonyl (C=O) groups is 1. The molecule has 1 rings (SSSR count). The van der Waals surface area contributed by atoms with Gasteiger partial charge >= 0.3 is 0 Å². The van der Waals surface area contributed by atoms with E-state index in [2.05, 4.69) is 0 Å². The molecule has 1 aromatic carbocycles. The Bertz CT molecular complexity index is 445. The number of nitro groups is 1. The maximum absolute atomic E-state index is 10.8. The first-order chi connectivity index (χ1) is 8.63. The summed E-state index contributed by atoms with van der Waals surface area (Å²) >= 11 is 0. The molecule has 0 N–H and O–H groups in total. The molecule has 0 amide bonds. The Morgan fingerprint density at radius 2 is 2.11 bits per heavy atom. The Balaban J connectivity index is 3.10. The minimum atomic E-state index is -0.656. The average Bonchev–Trinajstić information content (AvgIpc) is 2.38. The minimum Gasteiger partial charge on any atom is -0.493 e. The summed E-state index contributed by atoms with van der Waals surface area (Å²) in [5.74, 6) is 0.394. The van der Waals surface area contributed by atoms with E-state index in [4.69, 9.17) is 14.2 Å². The van der Waals surface area contributed by atoms with Crippen LogP contribution in [0.5, 0.6) is 11.5 Å². The van der Waals surface area contributed by atoms with Crippen molar-refractivity contribution in [2.75, 3.05) is 20.5 Å². The Kier molecular flexibility index (Phi) is 5.06. The molecule has 0 unspecified atom stereocenters. The van der Waals surface area contributed by atoms with Crippen LogP contribution in [0.3, 0.4) is 0 Å². The van der Waals surface area contributed by atoms with Gasteiger partial charge in [-0.3, -0.25) is 14.9 Å². The Hall–Kier alpha value is -2.15. The molecule has 1 aromatic rings. The van der Waals surface area contributed by atoms with E-state index >= 15 is 0 Å². The minimum absolute atomic E-state index is 0.0511. The van der Waals surface area contributed by atoms with E-state index in [0.29, 0.717) is 12.9 Å². The topological polar surface area (TPSA) is 87.9 Å². The third kappa shape index (κ3) is 3.17. The third-order valence-corrected chi connectivity index (χ3v) is 2.14. The summed E-state index contributed by atoms with van der Waals surface area (Å²) in [4.78, 5) is 20.9. The highest BCUT2D eigenvalue weighted by Gasteiger charge is 2.19. The second-order valence-electron chi connectivity index (χ2n) is 3.19. The normalized spacial score (nSPS) is 9.89. The van der Waals surface area contributed by atoms with Crippen molar-refractivity contribution in [3.8, 4) is 11.5 Å². The van der Waals surface area contributed by atoms with Crippen LogP contribution in [-0.4, -0.2) is 31.7 Å². The van der Waals surface area contributed by atoms with Gasteiger partial charge < -0.3 is 14.2 Å². The van der Waals surface area contributed by atoms with Crippen molar-refractivity contribution in [1.29, 1.82) is 0 Å². The molecule has 7 nitrogen and oxygen atoms in total. The summed E-state index contributed by atoms with van der Waals surface area (Å²) in [6, 6.07) is 2.40. The van der Waals surface area contributed by atoms with Crippen molar-refractivity contribution in [1.82, 2.24) is 0 Å². The number of ether oxygens (including phenoxy) is 3. The molecular formula is C11H13NO6. The molecule has 0 spiro atoms. The Labute approximate surface area is 103 Å². The van der Waals surface area contributed by atoms with Crippen molar-refractivity contribution >= 4 is 12.0 Å². The Morgan fingerprint density at radius 3 is 2.61 bits per heavy atom. The number of methoxy groups -OCH3 is 1. The Morgan fingerprint density at radius 1 is 1.39 bits per heavy atom. The molecule has 0 heterocycles. The van der Waals surface area contributed by atoms with Gasteiger partial charge in [0.05, 0.1) is 23.7 Å². The molecule has 0 bridgehead atoms. The highest BCUT2D eigenvalue weighted by Crippen LogP contribution is 2.33. The highest BCUT2D eigenvalue weighted by molar-refractivity contribution is 5.83. The molecule has 0 radical (unpaired) electrons. The smallest absolute Gasteiger partial charge is 0.283 e. The molecule has 0 aliphatic carbocycles. The molecule has 7 heteroatoms. The lowest BCUT2D eigenvalue weighted by atomic mass is 10.1. The maximum Gasteiger partial charge on any atom is 0.283 e. The standard InChI is InChI=1S/C11H13NO6/c1-3-17-7-18-11-5-9(12(14)15)8(6-13)4-10(11)16-2/h4-6H,3,7H2,1-2H3. The van der Waals surface area contributed by atoms with Gasteiger partial charge in [0, 0.05) is 12.7 Å². The van der Waals surface area contributed by atoms with Crippen LogP contribution in [0.4, 0.5) is 5.69 Å². The number of hydrogen-bond acceptors (Lipinski definition) is 6. The molecule has 0 fully saturated rings. The van der Waals surface area contributed by atoms with Gasteiger partial charge in [0.1, 0.15) is 0 Å². The molecule has 0 aliphatic heterocycles. The van der Waals surface area contributed by atoms with Gasteiger partial charge in [0.2, 0.25) is 0 Å². The van der Waals surface area contributed by atoms with Crippen LogP contribution in [0.1, 0.15) is 17.3 Å². The first kappa shape index (κ1) is 13.9. The summed E-state index contributed by atoms with van der Waals surface area (Å²) in [6.45, 7) is 2.19. The molecule has 0 aromatic heterocycles. The lowest BCUT2D eigenvalue weighted by Gasteiger charge is -2.10. The predicted octanol–water partition coefficient (Wildman–Crippen LogP) is 1.79. The third-order valence-electron chi connectivity index (χ3n) is 2.14. The van der Waals surface area contributed by atoms with Crippen LogP contribution < -0.4 is 9.47 Å². The van der Waals surface area contributed by atoms with Crippen molar-refractivity contribution in [3.05, 3.63) is 27.8 Å². The number of aldehydes is 1. The number of rotatable bonds is 7. The SMILES string of the molecule is CCOCOc1cc([N+](=O)[O-])c(C=O)cc1OC. The van der Waals surface area contributed by atoms with Gasteiger partial charge in [-0.2, -0.15) is 0 Å². The lowest BCUT2D eigenvalue weighted by molar-refractivity contribution is -0.385. The van der Waals surface area contributed by atoms with E-state index in [1.165, 1.54) is 13.2 Å². The van der Waals surface area contributed by atoms with Crippen LogP contribution >= 0.6 is 0 Å². The van der Waals surface area contributed by atoms with E-state index in [1.54, 1.807) is 6.92 Å². The van der Waals surface area contributed by atoms with Crippen molar-refractivity contribution in [2.45, 2.75) is 6.92 Å². The average molecular weight is 255 g/mol. The number of hydrogen-bond donors (Lipinski definition) is 0. The molecular weight excluding hydrogens is 242 g/mol. The molecule has 0 aliphatic rings. The highest BCUT2D eigenvalue weighted by atomic mass is 16.7. The van der Waals surface area contributed by atoms with E-state index in [-0.39, 0.29) is 29.5 Å². The molecule has 0 atom stereocenters. The summed E-state index contributed by atoms with van der Waals surface area (Å²) in [5.41, 5.74) is -0.405. The van der Waals surface area contributed by atoms with Gasteiger partial charge in [-0.1, -0.05) is 0 Å². The summed E-state index contributed by atoms with van der Waals surface area (Å²) in [6.07, 6.45) is 0.396. The van der Waals surface area contributed by atoms with Crippen LogP contribution in [-0.2, 0) is 4.74 Å². The number of nitrogens with zero attached hydrogens (tertiary/aromatic N) is 1. The molecule has 0 saturated carbocycles. The summed E-state index contributed by atoms with van der Waals surface area (Å²) in [5, 5.41) is 10.8. The van der Waals surface area contributed by atoms with Gasteiger partial charge in [0.15, 0.2) is 24.6 Å². The van der Waals surface area contributed by atoms with E-state index in [9.17, 15) is 14.9 Å². The zero-order valence-corrected chi connectivity index (χ0v) is 10.0. The number of nitro benzene ring substituents is 1. The van der Waals surface area contributed by atoms with Gasteiger partial charge in [-0.05, 0) is 6.92 Å². The van der Waals surface area contributed by atoms with Crippen molar-refractivity contribution < 1.29 is 23.9 Å². The van der Waals surface area contributed by atoms with Gasteiger partial charge in [-0.15, -0.1) is 0 Å². The van der Waals surface area contributed by atoms with E-state index in [0.717, 1.165) is 6.07 Å². The molecule has 0 saturated heterocycles. The van der Waals surface area contributed by atoms with E-state index < -0.39 is 4.92 Å². The van der Waals surface area contributed by atoms with Crippen molar-refractivity contribution in [2.24, 2.45) is 0 Å². The van der Waals surface area contributed by atoms with E-state index in [1.807, 2.05) is 0 Å². The zero-order valence-electron chi connectivity index (χ0n) is 10.0. The second kappa shape index (κ2) is 6.55. The number of benzene rings is 1. The zero-order chi connectivity index (χ0) is 13.5. The fourth-order valence-electron chi connectivity index (χ4n) is 1.28. The van der Waals surface area contributed by atoms with Crippen LogP contribution in [0, 0.1) is 10.1 Å². The van der Waals surface area contributed by atoms with Crippen LogP contribution in [0.15, 0.2) is 12.1 Å². The second-order valence-corrected chi connectivity index (χ2v) is 3.19. The summed E-state index contributed by atoms with van der Waals surface area (Å²) in [7, 11) is 1.38. The van der Waals surface area contributed by atoms with Gasteiger partial charge in [-0.25, -0.2) is 0 Å². The van der Waals surface area contributed by atoms with Crippen molar-refractivity contribution in [3.63, 3.8) is 0 Å². The fraction of sp³-hybridized carbons (Fsp3) is 0.364. The maximum atomic E-state index is 10.8. The monoisotopic (exact) mass is 255 g/mol. The first-order valence-electron chi connectivity index (χ1n) is 5.16. The largest absolute Gasteiger partial charge is 0.493 e. The molecule has 98 valence electrons. The summed E-state index contributed by atoms with van der Waals surface area (Å²) < 4.78 is 15.2. The van der Waals surface area contributed by atoms with Gasteiger partial charge in [0.25, 0.3) is 5.69 Å². The molecule has 18 heavy (non-hydrogen) atoms. The predicted molar refractivity (Wildman–Crippen MR) is 62.2 cm³/mol. The fourth-order valence-corrected chi connectivity index (χ4v) is 1.28. The van der Waals surface area contributed by atoms with Crippen LogP contribution in [0.25, 0.3) is 0 Å². The lowest BCUT2D eigenvalue weighted by Crippen LogP contribution is -2.05. The first-order valence-corrected chi connectivity index (χ1v) is 5.16.